The van der Waals surface area contributed by atoms with Crippen molar-refractivity contribution in [2.24, 2.45) is 0 Å². The van der Waals surface area contributed by atoms with Gasteiger partial charge in [-0.3, -0.25) is 9.69 Å². The fourth-order valence-corrected chi connectivity index (χ4v) is 2.82. The average Bonchev–Trinajstić information content (AvgIpc) is 2.45. The largest absolute Gasteiger partial charge is 0.481 e. The molecule has 1 fully saturated rings. The lowest BCUT2D eigenvalue weighted by Crippen LogP contribution is -2.45. The molecular formula is C16H22ClNO3. The Morgan fingerprint density at radius 3 is 3.00 bits per heavy atom. The highest BCUT2D eigenvalue weighted by Gasteiger charge is 2.26. The summed E-state index contributed by atoms with van der Waals surface area (Å²) in [4.78, 5) is 12.9. The van der Waals surface area contributed by atoms with Crippen LogP contribution in [0.2, 0.25) is 5.02 Å². The predicted octanol–water partition coefficient (Wildman–Crippen LogP) is 3.36. The smallest absolute Gasteiger partial charge is 0.303 e. The topological polar surface area (TPSA) is 49.8 Å². The summed E-state index contributed by atoms with van der Waals surface area (Å²) in [7, 11) is 0. The molecular weight excluding hydrogens is 290 g/mol. The number of ether oxygens (including phenoxy) is 1. The predicted molar refractivity (Wildman–Crippen MR) is 82.7 cm³/mol. The number of nitrogens with zero attached hydrogens (tertiary/aromatic N) is 1. The Hall–Kier alpha value is -1.10. The molecule has 2 atom stereocenters. The quantitative estimate of drug-likeness (QED) is 0.818. The lowest BCUT2D eigenvalue weighted by atomic mass is 10.1. The van der Waals surface area contributed by atoms with Crippen molar-refractivity contribution in [2.45, 2.75) is 38.3 Å². The molecule has 0 bridgehead atoms. The fourth-order valence-electron chi connectivity index (χ4n) is 2.62. The Labute approximate surface area is 130 Å². The van der Waals surface area contributed by atoms with Crippen molar-refractivity contribution in [3.05, 3.63) is 34.9 Å². The van der Waals surface area contributed by atoms with Crippen LogP contribution in [-0.2, 0) is 9.53 Å². The Morgan fingerprint density at radius 2 is 2.29 bits per heavy atom. The molecule has 1 aliphatic heterocycles. The van der Waals surface area contributed by atoms with E-state index in [2.05, 4.69) is 11.8 Å². The minimum atomic E-state index is -0.721. The molecule has 0 saturated carbocycles. The van der Waals surface area contributed by atoms with Gasteiger partial charge in [0.25, 0.3) is 0 Å². The first-order valence-corrected chi connectivity index (χ1v) is 7.77. The molecule has 21 heavy (non-hydrogen) atoms. The maximum atomic E-state index is 10.5. The zero-order valence-electron chi connectivity index (χ0n) is 12.3. The third kappa shape index (κ3) is 4.99. The number of halogens is 1. The zero-order chi connectivity index (χ0) is 15.2. The van der Waals surface area contributed by atoms with Crippen molar-refractivity contribution in [2.75, 3.05) is 19.7 Å². The van der Waals surface area contributed by atoms with E-state index >= 15 is 0 Å². The molecule has 4 nitrogen and oxygen atoms in total. The van der Waals surface area contributed by atoms with Gasteiger partial charge in [0.15, 0.2) is 0 Å². The van der Waals surface area contributed by atoms with Gasteiger partial charge in [-0.2, -0.15) is 0 Å². The van der Waals surface area contributed by atoms with E-state index in [1.807, 2.05) is 24.3 Å². The number of hydrogen-bond donors (Lipinski definition) is 1. The summed E-state index contributed by atoms with van der Waals surface area (Å²) in [5.41, 5.74) is 1.10. The van der Waals surface area contributed by atoms with E-state index in [0.717, 1.165) is 36.5 Å². The van der Waals surface area contributed by atoms with Crippen LogP contribution in [0.5, 0.6) is 0 Å². The lowest BCUT2D eigenvalue weighted by Gasteiger charge is -2.38. The number of hydrogen-bond acceptors (Lipinski definition) is 3. The zero-order valence-corrected chi connectivity index (χ0v) is 13.1. The molecule has 1 heterocycles. The molecule has 2 rings (SSSR count). The van der Waals surface area contributed by atoms with Gasteiger partial charge >= 0.3 is 5.97 Å². The Morgan fingerprint density at radius 1 is 1.48 bits per heavy atom. The van der Waals surface area contributed by atoms with Crippen LogP contribution in [0.25, 0.3) is 0 Å². The monoisotopic (exact) mass is 311 g/mol. The van der Waals surface area contributed by atoms with Gasteiger partial charge in [0, 0.05) is 24.0 Å². The summed E-state index contributed by atoms with van der Waals surface area (Å²) < 4.78 is 5.91. The van der Waals surface area contributed by atoms with E-state index in [1.165, 1.54) is 0 Å². The summed E-state index contributed by atoms with van der Waals surface area (Å²) in [6.07, 6.45) is 1.91. The van der Waals surface area contributed by atoms with Crippen LogP contribution in [0.1, 0.15) is 37.9 Å². The molecule has 2 unspecified atom stereocenters. The van der Waals surface area contributed by atoms with Gasteiger partial charge in [0.05, 0.1) is 12.7 Å². The molecule has 0 amide bonds. The second-order valence-electron chi connectivity index (χ2n) is 5.57. The lowest BCUT2D eigenvalue weighted by molar-refractivity contribution is -0.137. The van der Waals surface area contributed by atoms with E-state index in [1.54, 1.807) is 0 Å². The van der Waals surface area contributed by atoms with Gasteiger partial charge in [-0.1, -0.05) is 23.7 Å². The van der Waals surface area contributed by atoms with E-state index in [4.69, 9.17) is 21.4 Å². The van der Waals surface area contributed by atoms with Gasteiger partial charge in [0.2, 0.25) is 0 Å². The fraction of sp³-hybridized carbons (Fsp3) is 0.562. The van der Waals surface area contributed by atoms with E-state index in [0.29, 0.717) is 12.6 Å². The van der Waals surface area contributed by atoms with Crippen LogP contribution in [-0.4, -0.2) is 41.7 Å². The first-order chi connectivity index (χ1) is 10.1. The second kappa shape index (κ2) is 7.78. The third-order valence-corrected chi connectivity index (χ3v) is 4.10. The normalized spacial score (nSPS) is 23.1. The maximum Gasteiger partial charge on any atom is 0.303 e. The molecule has 0 radical (unpaired) electrons. The van der Waals surface area contributed by atoms with Crippen molar-refractivity contribution in [3.8, 4) is 0 Å². The van der Waals surface area contributed by atoms with Crippen molar-refractivity contribution in [3.63, 3.8) is 0 Å². The second-order valence-corrected chi connectivity index (χ2v) is 6.01. The van der Waals surface area contributed by atoms with Gasteiger partial charge in [0.1, 0.15) is 0 Å². The maximum absolute atomic E-state index is 10.5. The Kier molecular flexibility index (Phi) is 6.03. The molecule has 0 aromatic heterocycles. The number of carboxylic acid groups (broad SMARTS) is 1. The highest BCUT2D eigenvalue weighted by Crippen LogP contribution is 2.26. The van der Waals surface area contributed by atoms with Crippen LogP contribution in [0, 0.1) is 0 Å². The van der Waals surface area contributed by atoms with Gasteiger partial charge in [-0.05, 0) is 44.0 Å². The molecule has 0 aliphatic carbocycles. The summed E-state index contributed by atoms with van der Waals surface area (Å²) in [5.74, 6) is -0.721. The van der Waals surface area contributed by atoms with Crippen molar-refractivity contribution < 1.29 is 14.6 Å². The van der Waals surface area contributed by atoms with Crippen LogP contribution in [0.15, 0.2) is 24.3 Å². The number of morpholine rings is 1. The SMILES string of the molecule is CC1COC(c2cccc(Cl)c2)CN1CCCCC(=O)O. The molecule has 1 aliphatic rings. The third-order valence-electron chi connectivity index (χ3n) is 3.87. The minimum Gasteiger partial charge on any atom is -0.481 e. The molecule has 1 aromatic rings. The highest BCUT2D eigenvalue weighted by atomic mass is 35.5. The summed E-state index contributed by atoms with van der Waals surface area (Å²) in [5, 5.41) is 9.40. The van der Waals surface area contributed by atoms with Crippen LogP contribution in [0.4, 0.5) is 0 Å². The van der Waals surface area contributed by atoms with E-state index in [-0.39, 0.29) is 12.5 Å². The highest BCUT2D eigenvalue weighted by molar-refractivity contribution is 6.30. The molecule has 1 N–H and O–H groups in total. The molecule has 1 saturated heterocycles. The van der Waals surface area contributed by atoms with Crippen molar-refractivity contribution in [1.82, 2.24) is 4.90 Å². The van der Waals surface area contributed by atoms with Crippen molar-refractivity contribution in [1.29, 1.82) is 0 Å². The number of carbonyl (C=O) groups is 1. The van der Waals surface area contributed by atoms with Gasteiger partial charge in [-0.15, -0.1) is 0 Å². The van der Waals surface area contributed by atoms with Crippen LogP contribution in [0.3, 0.4) is 0 Å². The molecule has 5 heteroatoms. The van der Waals surface area contributed by atoms with Crippen LogP contribution < -0.4 is 0 Å². The minimum absolute atomic E-state index is 0.0411. The molecule has 0 spiro atoms. The van der Waals surface area contributed by atoms with Crippen LogP contribution >= 0.6 is 11.6 Å². The Balaban J connectivity index is 1.88. The number of rotatable bonds is 6. The summed E-state index contributed by atoms with van der Waals surface area (Å²) in [6.45, 7) is 4.57. The van der Waals surface area contributed by atoms with Crippen molar-refractivity contribution >= 4 is 17.6 Å². The van der Waals surface area contributed by atoms with Gasteiger partial charge < -0.3 is 9.84 Å². The number of unbranched alkanes of at least 4 members (excludes halogenated alkanes) is 1. The first-order valence-electron chi connectivity index (χ1n) is 7.39. The standard InChI is InChI=1S/C16H22ClNO3/c1-12-11-21-15(13-5-4-6-14(17)9-13)10-18(12)8-3-2-7-16(19)20/h4-6,9,12,15H,2-3,7-8,10-11H2,1H3,(H,19,20). The number of benzene rings is 1. The van der Waals surface area contributed by atoms with E-state index < -0.39 is 5.97 Å². The van der Waals surface area contributed by atoms with E-state index in [9.17, 15) is 4.79 Å². The summed E-state index contributed by atoms with van der Waals surface area (Å²) in [6, 6.07) is 8.15. The molecule has 1 aromatic carbocycles. The molecule has 116 valence electrons. The average molecular weight is 312 g/mol. The first kappa shape index (κ1) is 16.3. The number of carboxylic acids is 1. The number of aliphatic carboxylic acids is 1. The summed E-state index contributed by atoms with van der Waals surface area (Å²) >= 11 is 6.04. The Bertz CT molecular complexity index is 480. The van der Waals surface area contributed by atoms with Gasteiger partial charge in [-0.25, -0.2) is 0 Å².